The number of rotatable bonds is 3. The van der Waals surface area contributed by atoms with Crippen molar-refractivity contribution in [2.75, 3.05) is 6.54 Å². The SMILES string of the molecule is O=c1[nH]c(COc2ccc(Cl)cc2)nc2c1CCNC2. The smallest absolute Gasteiger partial charge is 0.254 e. The zero-order valence-electron chi connectivity index (χ0n) is 10.8. The highest BCUT2D eigenvalue weighted by Gasteiger charge is 2.15. The third-order valence-electron chi connectivity index (χ3n) is 3.18. The van der Waals surface area contributed by atoms with Crippen LogP contribution in [0.15, 0.2) is 29.1 Å². The Morgan fingerprint density at radius 1 is 1.30 bits per heavy atom. The first-order valence-corrected chi connectivity index (χ1v) is 6.80. The molecule has 1 aromatic carbocycles. The Labute approximate surface area is 121 Å². The molecule has 0 saturated heterocycles. The molecule has 6 heteroatoms. The largest absolute Gasteiger partial charge is 0.486 e. The first-order chi connectivity index (χ1) is 9.72. The number of fused-ring (bicyclic) bond motifs is 1. The molecule has 2 N–H and O–H groups in total. The standard InChI is InChI=1S/C14H14ClN3O2/c15-9-1-3-10(4-2-9)20-8-13-17-12-7-16-6-5-11(12)14(19)18-13/h1-4,16H,5-8H2,(H,17,18,19). The zero-order chi connectivity index (χ0) is 13.9. The van der Waals surface area contributed by atoms with Crippen LogP contribution in [0.3, 0.4) is 0 Å². The topological polar surface area (TPSA) is 67.0 Å². The van der Waals surface area contributed by atoms with Crippen molar-refractivity contribution in [1.82, 2.24) is 15.3 Å². The Morgan fingerprint density at radius 2 is 2.10 bits per heavy atom. The Kier molecular flexibility index (Phi) is 3.71. The van der Waals surface area contributed by atoms with Crippen molar-refractivity contribution < 1.29 is 4.74 Å². The first-order valence-electron chi connectivity index (χ1n) is 6.42. The van der Waals surface area contributed by atoms with Gasteiger partial charge in [-0.15, -0.1) is 0 Å². The number of hydrogen-bond acceptors (Lipinski definition) is 4. The van der Waals surface area contributed by atoms with Gasteiger partial charge in [-0.3, -0.25) is 4.79 Å². The summed E-state index contributed by atoms with van der Waals surface area (Å²) in [6.07, 6.45) is 0.718. The fourth-order valence-electron chi connectivity index (χ4n) is 2.17. The Bertz CT molecular complexity index is 667. The molecule has 2 heterocycles. The number of nitrogens with zero attached hydrogens (tertiary/aromatic N) is 1. The molecule has 0 saturated carbocycles. The molecule has 1 aliphatic rings. The van der Waals surface area contributed by atoms with Crippen LogP contribution in [0, 0.1) is 0 Å². The number of hydrogen-bond donors (Lipinski definition) is 2. The van der Waals surface area contributed by atoms with E-state index in [2.05, 4.69) is 15.3 Å². The highest BCUT2D eigenvalue weighted by molar-refractivity contribution is 6.30. The average Bonchev–Trinajstić information content (AvgIpc) is 2.47. The van der Waals surface area contributed by atoms with Gasteiger partial charge >= 0.3 is 0 Å². The van der Waals surface area contributed by atoms with Crippen LogP contribution in [0.2, 0.25) is 5.02 Å². The van der Waals surface area contributed by atoms with Gasteiger partial charge < -0.3 is 15.0 Å². The van der Waals surface area contributed by atoms with Crippen LogP contribution in [0.25, 0.3) is 0 Å². The number of nitrogens with one attached hydrogen (secondary N) is 2. The molecule has 0 amide bonds. The van der Waals surface area contributed by atoms with E-state index in [0.717, 1.165) is 24.2 Å². The fraction of sp³-hybridized carbons (Fsp3) is 0.286. The average molecular weight is 292 g/mol. The van der Waals surface area contributed by atoms with Gasteiger partial charge in [0.15, 0.2) is 0 Å². The minimum atomic E-state index is -0.0637. The van der Waals surface area contributed by atoms with Crippen molar-refractivity contribution in [2.24, 2.45) is 0 Å². The summed E-state index contributed by atoms with van der Waals surface area (Å²) in [4.78, 5) is 19.2. The highest BCUT2D eigenvalue weighted by atomic mass is 35.5. The summed E-state index contributed by atoms with van der Waals surface area (Å²) >= 11 is 5.81. The lowest BCUT2D eigenvalue weighted by Gasteiger charge is -2.16. The van der Waals surface area contributed by atoms with Crippen LogP contribution < -0.4 is 15.6 Å². The van der Waals surface area contributed by atoms with E-state index in [1.54, 1.807) is 24.3 Å². The second-order valence-corrected chi connectivity index (χ2v) is 5.04. The van der Waals surface area contributed by atoms with Gasteiger partial charge in [-0.25, -0.2) is 4.98 Å². The van der Waals surface area contributed by atoms with E-state index in [0.29, 0.717) is 23.1 Å². The minimum Gasteiger partial charge on any atom is -0.486 e. The van der Waals surface area contributed by atoms with Crippen LogP contribution in [0.4, 0.5) is 0 Å². The molecule has 5 nitrogen and oxygen atoms in total. The molecule has 0 aliphatic carbocycles. The van der Waals surface area contributed by atoms with Crippen molar-refractivity contribution in [3.63, 3.8) is 0 Å². The molecule has 1 aliphatic heterocycles. The summed E-state index contributed by atoms with van der Waals surface area (Å²) in [5.41, 5.74) is 1.53. The molecule has 20 heavy (non-hydrogen) atoms. The van der Waals surface area contributed by atoms with Gasteiger partial charge in [0.05, 0.1) is 5.69 Å². The van der Waals surface area contributed by atoms with Gasteiger partial charge in [-0.05, 0) is 37.2 Å². The maximum Gasteiger partial charge on any atom is 0.254 e. The number of ether oxygens (including phenoxy) is 1. The molecular weight excluding hydrogens is 278 g/mol. The van der Waals surface area contributed by atoms with Crippen LogP contribution in [0.5, 0.6) is 5.75 Å². The predicted molar refractivity (Wildman–Crippen MR) is 76.1 cm³/mol. The van der Waals surface area contributed by atoms with E-state index in [1.165, 1.54) is 0 Å². The van der Waals surface area contributed by atoms with Gasteiger partial charge in [0.25, 0.3) is 5.56 Å². The summed E-state index contributed by atoms with van der Waals surface area (Å²) in [7, 11) is 0. The Hall–Kier alpha value is -1.85. The summed E-state index contributed by atoms with van der Waals surface area (Å²) in [5.74, 6) is 1.22. The lowest BCUT2D eigenvalue weighted by atomic mass is 10.1. The third-order valence-corrected chi connectivity index (χ3v) is 3.44. The van der Waals surface area contributed by atoms with Crippen molar-refractivity contribution in [3.8, 4) is 5.75 Å². The van der Waals surface area contributed by atoms with E-state index < -0.39 is 0 Å². The van der Waals surface area contributed by atoms with Crippen molar-refractivity contribution in [3.05, 3.63) is 56.7 Å². The molecule has 0 unspecified atom stereocenters. The third kappa shape index (κ3) is 2.84. The number of H-pyrrole nitrogens is 1. The van der Waals surface area contributed by atoms with Gasteiger partial charge in [0, 0.05) is 17.1 Å². The van der Waals surface area contributed by atoms with Crippen LogP contribution in [-0.4, -0.2) is 16.5 Å². The van der Waals surface area contributed by atoms with Gasteiger partial charge in [-0.1, -0.05) is 11.6 Å². The van der Waals surface area contributed by atoms with E-state index in [1.807, 2.05) is 0 Å². The van der Waals surface area contributed by atoms with Crippen molar-refractivity contribution >= 4 is 11.6 Å². The highest BCUT2D eigenvalue weighted by Crippen LogP contribution is 2.16. The number of halogens is 1. The second kappa shape index (κ2) is 5.64. The number of benzene rings is 1. The summed E-state index contributed by atoms with van der Waals surface area (Å²) in [6, 6.07) is 7.06. The zero-order valence-corrected chi connectivity index (χ0v) is 11.5. The van der Waals surface area contributed by atoms with Gasteiger partial charge in [0.2, 0.25) is 0 Å². The van der Waals surface area contributed by atoms with Gasteiger partial charge in [-0.2, -0.15) is 0 Å². The summed E-state index contributed by atoms with van der Waals surface area (Å²) in [6.45, 7) is 1.68. The van der Waals surface area contributed by atoms with Gasteiger partial charge in [0.1, 0.15) is 18.2 Å². The lowest BCUT2D eigenvalue weighted by Crippen LogP contribution is -2.32. The molecule has 1 aromatic heterocycles. The van der Waals surface area contributed by atoms with Crippen molar-refractivity contribution in [2.45, 2.75) is 19.6 Å². The fourth-order valence-corrected chi connectivity index (χ4v) is 2.30. The maximum atomic E-state index is 11.9. The molecule has 0 radical (unpaired) electrons. The monoisotopic (exact) mass is 291 g/mol. The molecule has 104 valence electrons. The van der Waals surface area contributed by atoms with Crippen LogP contribution in [-0.2, 0) is 19.6 Å². The molecule has 3 rings (SSSR count). The van der Waals surface area contributed by atoms with Crippen LogP contribution >= 0.6 is 11.6 Å². The normalized spacial score (nSPS) is 13.8. The molecule has 2 aromatic rings. The molecule has 0 bridgehead atoms. The van der Waals surface area contributed by atoms with E-state index in [-0.39, 0.29) is 12.2 Å². The number of aromatic amines is 1. The van der Waals surface area contributed by atoms with Crippen molar-refractivity contribution in [1.29, 1.82) is 0 Å². The van der Waals surface area contributed by atoms with E-state index in [4.69, 9.17) is 16.3 Å². The molecule has 0 fully saturated rings. The first kappa shape index (κ1) is 13.1. The lowest BCUT2D eigenvalue weighted by molar-refractivity contribution is 0.294. The summed E-state index contributed by atoms with van der Waals surface area (Å²) < 4.78 is 5.58. The second-order valence-electron chi connectivity index (χ2n) is 4.61. The minimum absolute atomic E-state index is 0.0637. The molecule has 0 spiro atoms. The predicted octanol–water partition coefficient (Wildman–Crippen LogP) is 1.65. The van der Waals surface area contributed by atoms with E-state index >= 15 is 0 Å². The molecule has 0 atom stereocenters. The van der Waals surface area contributed by atoms with Crippen LogP contribution in [0.1, 0.15) is 17.1 Å². The Morgan fingerprint density at radius 3 is 2.90 bits per heavy atom. The molecular formula is C14H14ClN3O2. The Balaban J connectivity index is 1.76. The quantitative estimate of drug-likeness (QED) is 0.902. The summed E-state index contributed by atoms with van der Waals surface area (Å²) in [5, 5.41) is 3.86. The number of aromatic nitrogens is 2. The van der Waals surface area contributed by atoms with E-state index in [9.17, 15) is 4.79 Å². The maximum absolute atomic E-state index is 11.9.